The topological polar surface area (TPSA) is 86.1 Å². The molecule has 0 bridgehead atoms. The first-order valence-corrected chi connectivity index (χ1v) is 10.5. The summed E-state index contributed by atoms with van der Waals surface area (Å²) in [6, 6.07) is 10.5. The molecule has 3 aromatic rings. The Balaban J connectivity index is 1.64. The predicted molar refractivity (Wildman–Crippen MR) is 102 cm³/mol. The summed E-state index contributed by atoms with van der Waals surface area (Å²) in [6.45, 7) is 0.117. The second-order valence-electron chi connectivity index (χ2n) is 6.69. The summed E-state index contributed by atoms with van der Waals surface area (Å²) in [4.78, 5) is 9.28. The summed E-state index contributed by atoms with van der Waals surface area (Å²) in [5.41, 5.74) is 1.61. The van der Waals surface area contributed by atoms with Crippen molar-refractivity contribution in [2.75, 3.05) is 7.11 Å². The highest BCUT2D eigenvalue weighted by molar-refractivity contribution is 7.89. The van der Waals surface area contributed by atoms with Crippen LogP contribution in [0.4, 0.5) is 0 Å². The molecule has 1 aromatic carbocycles. The van der Waals surface area contributed by atoms with E-state index < -0.39 is 10.0 Å². The SMILES string of the molecule is COc1cccc(S(=O)(=O)NCc2nc3cccnc3n2C2CCCC2)c1. The Morgan fingerprint density at radius 2 is 2.04 bits per heavy atom. The maximum Gasteiger partial charge on any atom is 0.241 e. The van der Waals surface area contributed by atoms with Gasteiger partial charge in [-0.15, -0.1) is 0 Å². The van der Waals surface area contributed by atoms with Gasteiger partial charge < -0.3 is 9.30 Å². The van der Waals surface area contributed by atoms with Crippen molar-refractivity contribution in [2.24, 2.45) is 0 Å². The second-order valence-corrected chi connectivity index (χ2v) is 8.45. The Morgan fingerprint density at radius 1 is 1.22 bits per heavy atom. The van der Waals surface area contributed by atoms with Gasteiger partial charge in [-0.05, 0) is 37.1 Å². The van der Waals surface area contributed by atoms with Crippen molar-refractivity contribution in [1.82, 2.24) is 19.3 Å². The first kappa shape index (κ1) is 17.9. The molecule has 0 saturated heterocycles. The maximum atomic E-state index is 12.7. The second kappa shape index (κ2) is 7.28. The highest BCUT2D eigenvalue weighted by Gasteiger charge is 2.24. The van der Waals surface area contributed by atoms with E-state index in [1.165, 1.54) is 26.0 Å². The van der Waals surface area contributed by atoms with Crippen LogP contribution >= 0.6 is 0 Å². The van der Waals surface area contributed by atoms with Gasteiger partial charge in [-0.25, -0.2) is 23.1 Å². The van der Waals surface area contributed by atoms with E-state index in [4.69, 9.17) is 4.74 Å². The summed E-state index contributed by atoms with van der Waals surface area (Å²) in [5, 5.41) is 0. The van der Waals surface area contributed by atoms with Crippen LogP contribution in [0.15, 0.2) is 47.5 Å². The average Bonchev–Trinajstić information content (AvgIpc) is 3.33. The van der Waals surface area contributed by atoms with Gasteiger partial charge in [-0.2, -0.15) is 0 Å². The quantitative estimate of drug-likeness (QED) is 0.704. The number of aromatic nitrogens is 3. The van der Waals surface area contributed by atoms with Crippen LogP contribution in [0.25, 0.3) is 11.2 Å². The molecule has 27 heavy (non-hydrogen) atoms. The number of fused-ring (bicyclic) bond motifs is 1. The summed E-state index contributed by atoms with van der Waals surface area (Å²) in [7, 11) is -2.16. The van der Waals surface area contributed by atoms with Gasteiger partial charge in [0, 0.05) is 18.3 Å². The lowest BCUT2D eigenvalue weighted by Gasteiger charge is -2.16. The number of imidazole rings is 1. The van der Waals surface area contributed by atoms with E-state index in [0.29, 0.717) is 17.6 Å². The number of pyridine rings is 1. The van der Waals surface area contributed by atoms with Gasteiger partial charge in [0.05, 0.1) is 18.6 Å². The van der Waals surface area contributed by atoms with Gasteiger partial charge in [0.15, 0.2) is 5.65 Å². The minimum absolute atomic E-state index is 0.117. The number of hydrogen-bond acceptors (Lipinski definition) is 5. The van der Waals surface area contributed by atoms with Gasteiger partial charge in [-0.1, -0.05) is 18.9 Å². The lowest BCUT2D eigenvalue weighted by molar-refractivity contribution is 0.413. The largest absolute Gasteiger partial charge is 0.497 e. The third kappa shape index (κ3) is 3.54. The number of benzene rings is 1. The molecule has 2 aromatic heterocycles. The van der Waals surface area contributed by atoms with E-state index in [1.54, 1.807) is 24.4 Å². The third-order valence-corrected chi connectivity index (χ3v) is 6.38. The number of hydrogen-bond donors (Lipinski definition) is 1. The van der Waals surface area contributed by atoms with Crippen molar-refractivity contribution in [2.45, 2.75) is 43.2 Å². The van der Waals surface area contributed by atoms with E-state index in [9.17, 15) is 8.42 Å². The Hall–Kier alpha value is -2.45. The number of nitrogens with zero attached hydrogens (tertiary/aromatic N) is 3. The number of methoxy groups -OCH3 is 1. The summed E-state index contributed by atoms with van der Waals surface area (Å²) >= 11 is 0. The van der Waals surface area contributed by atoms with E-state index in [0.717, 1.165) is 24.0 Å². The Kier molecular flexibility index (Phi) is 4.84. The Bertz CT molecular complexity index is 1060. The standard InChI is InChI=1S/C19H22N4O3S/c1-26-15-8-4-9-16(12-15)27(24,25)21-13-18-22-17-10-5-11-20-19(17)23(18)14-6-2-3-7-14/h4-5,8-12,14,21H,2-3,6-7,13H2,1H3. The van der Waals surface area contributed by atoms with Crippen LogP contribution in [0.3, 0.4) is 0 Å². The molecule has 7 nitrogen and oxygen atoms in total. The molecule has 1 aliphatic carbocycles. The van der Waals surface area contributed by atoms with Gasteiger partial charge in [0.1, 0.15) is 17.1 Å². The average molecular weight is 386 g/mol. The molecule has 2 heterocycles. The monoisotopic (exact) mass is 386 g/mol. The molecule has 8 heteroatoms. The van der Waals surface area contributed by atoms with Crippen molar-refractivity contribution in [3.8, 4) is 5.75 Å². The van der Waals surface area contributed by atoms with Gasteiger partial charge in [0.25, 0.3) is 0 Å². The van der Waals surface area contributed by atoms with E-state index in [-0.39, 0.29) is 11.4 Å². The van der Waals surface area contributed by atoms with Crippen LogP contribution in [-0.2, 0) is 16.6 Å². The highest BCUT2D eigenvalue weighted by atomic mass is 32.2. The molecule has 0 unspecified atom stereocenters. The molecule has 1 N–H and O–H groups in total. The van der Waals surface area contributed by atoms with Crippen LogP contribution in [-0.4, -0.2) is 30.1 Å². The first-order chi connectivity index (χ1) is 13.1. The Labute approximate surface area is 158 Å². The minimum atomic E-state index is -3.67. The summed E-state index contributed by atoms with van der Waals surface area (Å²) in [5.74, 6) is 1.20. The third-order valence-electron chi connectivity index (χ3n) is 4.98. The molecule has 0 amide bonds. The molecule has 0 aliphatic heterocycles. The molecule has 1 aliphatic rings. The molecule has 0 spiro atoms. The van der Waals surface area contributed by atoms with Gasteiger partial charge in [-0.3, -0.25) is 0 Å². The molecule has 1 fully saturated rings. The Morgan fingerprint density at radius 3 is 2.81 bits per heavy atom. The molecule has 1 saturated carbocycles. The zero-order valence-electron chi connectivity index (χ0n) is 15.1. The van der Waals surface area contributed by atoms with Crippen LogP contribution in [0.2, 0.25) is 0 Å². The molecule has 142 valence electrons. The van der Waals surface area contributed by atoms with Crippen molar-refractivity contribution in [1.29, 1.82) is 0 Å². The van der Waals surface area contributed by atoms with Crippen LogP contribution in [0, 0.1) is 0 Å². The van der Waals surface area contributed by atoms with E-state index in [1.807, 2.05) is 12.1 Å². The first-order valence-electron chi connectivity index (χ1n) is 9.04. The predicted octanol–water partition coefficient (Wildman–Crippen LogP) is 3.03. The zero-order valence-corrected chi connectivity index (χ0v) is 15.9. The van der Waals surface area contributed by atoms with Gasteiger partial charge >= 0.3 is 0 Å². The minimum Gasteiger partial charge on any atom is -0.497 e. The molecule has 0 atom stereocenters. The van der Waals surface area contributed by atoms with E-state index >= 15 is 0 Å². The fourth-order valence-corrected chi connectivity index (χ4v) is 4.67. The summed E-state index contributed by atoms with van der Waals surface area (Å²) in [6.07, 6.45) is 6.23. The number of sulfonamides is 1. The van der Waals surface area contributed by atoms with Crippen molar-refractivity contribution < 1.29 is 13.2 Å². The molecule has 4 rings (SSSR count). The maximum absolute atomic E-state index is 12.7. The normalized spacial score (nSPS) is 15.4. The molecular weight excluding hydrogens is 364 g/mol. The lowest BCUT2D eigenvalue weighted by atomic mass is 10.2. The van der Waals surface area contributed by atoms with E-state index in [2.05, 4.69) is 19.3 Å². The van der Waals surface area contributed by atoms with Crippen molar-refractivity contribution in [3.63, 3.8) is 0 Å². The van der Waals surface area contributed by atoms with Crippen molar-refractivity contribution in [3.05, 3.63) is 48.4 Å². The zero-order chi connectivity index (χ0) is 18.9. The highest BCUT2D eigenvalue weighted by Crippen LogP contribution is 2.33. The van der Waals surface area contributed by atoms with Crippen LogP contribution in [0.5, 0.6) is 5.75 Å². The number of nitrogens with one attached hydrogen (secondary N) is 1. The molecule has 0 radical (unpaired) electrons. The van der Waals surface area contributed by atoms with Crippen molar-refractivity contribution >= 4 is 21.2 Å². The lowest BCUT2D eigenvalue weighted by Crippen LogP contribution is -2.25. The van der Waals surface area contributed by atoms with Crippen LogP contribution < -0.4 is 9.46 Å². The number of rotatable bonds is 6. The summed E-state index contributed by atoms with van der Waals surface area (Å²) < 4.78 is 35.3. The number of ether oxygens (including phenoxy) is 1. The smallest absolute Gasteiger partial charge is 0.241 e. The van der Waals surface area contributed by atoms with Crippen LogP contribution in [0.1, 0.15) is 37.5 Å². The fraction of sp³-hybridized carbons (Fsp3) is 0.368. The fourth-order valence-electron chi connectivity index (χ4n) is 3.66. The van der Waals surface area contributed by atoms with Gasteiger partial charge in [0.2, 0.25) is 10.0 Å². The molecular formula is C19H22N4O3S.